The molecule has 0 saturated carbocycles. The number of rotatable bonds is 3. The SMILES string of the molecule is Nc1ccc(F)cc1S(=O)(=O)Nc1nc2ccccc2s1. The summed E-state index contributed by atoms with van der Waals surface area (Å²) >= 11 is 1.19. The van der Waals surface area contributed by atoms with Crippen molar-refractivity contribution in [1.82, 2.24) is 4.98 Å². The number of hydrogen-bond donors (Lipinski definition) is 2. The summed E-state index contributed by atoms with van der Waals surface area (Å²) in [6.45, 7) is 0. The quantitative estimate of drug-likeness (QED) is 0.726. The third-order valence-electron chi connectivity index (χ3n) is 2.78. The van der Waals surface area contributed by atoms with Crippen LogP contribution in [0.1, 0.15) is 0 Å². The predicted octanol–water partition coefficient (Wildman–Crippen LogP) is 2.82. The molecule has 8 heteroatoms. The van der Waals surface area contributed by atoms with E-state index in [9.17, 15) is 12.8 Å². The van der Waals surface area contributed by atoms with E-state index < -0.39 is 15.8 Å². The zero-order valence-electron chi connectivity index (χ0n) is 10.6. The van der Waals surface area contributed by atoms with Crippen molar-refractivity contribution in [2.75, 3.05) is 10.5 Å². The summed E-state index contributed by atoms with van der Waals surface area (Å²) in [5.41, 5.74) is 6.27. The molecular formula is C13H10FN3O2S2. The highest BCUT2D eigenvalue weighted by Gasteiger charge is 2.20. The van der Waals surface area contributed by atoms with Crippen LogP contribution in [0.2, 0.25) is 0 Å². The number of nitrogens with two attached hydrogens (primary N) is 1. The summed E-state index contributed by atoms with van der Waals surface area (Å²) in [5.74, 6) is -0.672. The molecular weight excluding hydrogens is 313 g/mol. The monoisotopic (exact) mass is 323 g/mol. The van der Waals surface area contributed by atoms with Gasteiger partial charge in [-0.3, -0.25) is 4.72 Å². The third-order valence-corrected chi connectivity index (χ3v) is 5.26. The first kappa shape index (κ1) is 13.8. The molecule has 0 radical (unpaired) electrons. The molecule has 3 rings (SSSR count). The molecule has 5 nitrogen and oxygen atoms in total. The molecule has 0 saturated heterocycles. The van der Waals surface area contributed by atoms with Crippen LogP contribution in [0.4, 0.5) is 15.2 Å². The number of aromatic nitrogens is 1. The van der Waals surface area contributed by atoms with Crippen LogP contribution in [-0.4, -0.2) is 13.4 Å². The first-order chi connectivity index (χ1) is 9.95. The highest BCUT2D eigenvalue weighted by atomic mass is 32.2. The van der Waals surface area contributed by atoms with Crippen LogP contribution in [0.15, 0.2) is 47.4 Å². The van der Waals surface area contributed by atoms with Crippen LogP contribution in [0.3, 0.4) is 0 Å². The number of hydrogen-bond acceptors (Lipinski definition) is 5. The second kappa shape index (κ2) is 4.97. The Bertz CT molecular complexity index is 889. The van der Waals surface area contributed by atoms with E-state index in [0.717, 1.165) is 16.8 Å². The Balaban J connectivity index is 2.01. The Morgan fingerprint density at radius 1 is 1.19 bits per heavy atom. The molecule has 3 aromatic rings. The standard InChI is InChI=1S/C13H10FN3O2S2/c14-8-5-6-9(15)12(7-8)21(18,19)17-13-16-10-3-1-2-4-11(10)20-13/h1-7H,15H2,(H,16,17). The Morgan fingerprint density at radius 3 is 2.71 bits per heavy atom. The molecule has 0 aliphatic heterocycles. The molecule has 2 aromatic carbocycles. The summed E-state index contributed by atoms with van der Waals surface area (Å²) in [7, 11) is -3.98. The van der Waals surface area contributed by atoms with Crippen molar-refractivity contribution in [2.24, 2.45) is 0 Å². The average Bonchev–Trinajstić information content (AvgIpc) is 2.82. The van der Waals surface area contributed by atoms with Crippen LogP contribution in [-0.2, 0) is 10.0 Å². The van der Waals surface area contributed by atoms with Gasteiger partial charge in [-0.2, -0.15) is 0 Å². The second-order valence-corrected chi connectivity index (χ2v) is 6.96. The largest absolute Gasteiger partial charge is 0.398 e. The third kappa shape index (κ3) is 2.67. The molecule has 0 amide bonds. The summed E-state index contributed by atoms with van der Waals surface area (Å²) in [6, 6.07) is 10.5. The number of para-hydroxylation sites is 1. The van der Waals surface area contributed by atoms with Crippen LogP contribution in [0.25, 0.3) is 10.2 Å². The van der Waals surface area contributed by atoms with Crippen molar-refractivity contribution in [2.45, 2.75) is 4.90 Å². The van der Waals surface area contributed by atoms with Gasteiger partial charge in [-0.15, -0.1) is 0 Å². The van der Waals surface area contributed by atoms with Gasteiger partial charge < -0.3 is 5.73 Å². The van der Waals surface area contributed by atoms with E-state index in [2.05, 4.69) is 9.71 Å². The van der Waals surface area contributed by atoms with Gasteiger partial charge >= 0.3 is 0 Å². The van der Waals surface area contributed by atoms with E-state index in [-0.39, 0.29) is 15.7 Å². The number of nitrogens with zero attached hydrogens (tertiary/aromatic N) is 1. The zero-order valence-corrected chi connectivity index (χ0v) is 12.2. The Hall–Kier alpha value is -2.19. The van der Waals surface area contributed by atoms with Crippen molar-refractivity contribution >= 4 is 42.4 Å². The van der Waals surface area contributed by atoms with E-state index in [1.807, 2.05) is 18.2 Å². The number of halogens is 1. The second-order valence-electron chi connectivity index (χ2n) is 4.27. The maximum absolute atomic E-state index is 13.2. The highest BCUT2D eigenvalue weighted by molar-refractivity contribution is 7.93. The van der Waals surface area contributed by atoms with E-state index >= 15 is 0 Å². The molecule has 0 atom stereocenters. The van der Waals surface area contributed by atoms with E-state index in [0.29, 0.717) is 5.52 Å². The number of benzene rings is 2. The number of nitrogens with one attached hydrogen (secondary N) is 1. The fourth-order valence-electron chi connectivity index (χ4n) is 1.83. The minimum Gasteiger partial charge on any atom is -0.398 e. The molecule has 21 heavy (non-hydrogen) atoms. The van der Waals surface area contributed by atoms with Crippen molar-refractivity contribution in [1.29, 1.82) is 0 Å². The number of anilines is 2. The summed E-state index contributed by atoms with van der Waals surface area (Å²) < 4.78 is 40.9. The van der Waals surface area contributed by atoms with Gasteiger partial charge in [0, 0.05) is 0 Å². The molecule has 1 heterocycles. The van der Waals surface area contributed by atoms with Gasteiger partial charge in [-0.1, -0.05) is 23.5 Å². The Kier molecular flexibility index (Phi) is 3.26. The first-order valence-electron chi connectivity index (χ1n) is 5.89. The lowest BCUT2D eigenvalue weighted by atomic mass is 10.3. The van der Waals surface area contributed by atoms with Gasteiger partial charge in [0.05, 0.1) is 15.9 Å². The van der Waals surface area contributed by atoms with Gasteiger partial charge in [-0.25, -0.2) is 17.8 Å². The lowest BCUT2D eigenvalue weighted by molar-refractivity contribution is 0.596. The highest BCUT2D eigenvalue weighted by Crippen LogP contribution is 2.28. The van der Waals surface area contributed by atoms with Crippen molar-refractivity contribution in [3.63, 3.8) is 0 Å². The number of fused-ring (bicyclic) bond motifs is 1. The molecule has 1 aromatic heterocycles. The van der Waals surface area contributed by atoms with Gasteiger partial charge in [0.2, 0.25) is 0 Å². The fourth-order valence-corrected chi connectivity index (χ4v) is 4.07. The predicted molar refractivity (Wildman–Crippen MR) is 81.2 cm³/mol. The summed E-state index contributed by atoms with van der Waals surface area (Å²) in [6.07, 6.45) is 0. The Labute approximate surface area is 124 Å². The van der Waals surface area contributed by atoms with Gasteiger partial charge in [0.15, 0.2) is 5.13 Å². The van der Waals surface area contributed by atoms with Crippen molar-refractivity contribution in [3.8, 4) is 0 Å². The number of thiazole rings is 1. The van der Waals surface area contributed by atoms with Crippen LogP contribution in [0, 0.1) is 5.82 Å². The number of nitrogen functional groups attached to an aromatic ring is 1. The van der Waals surface area contributed by atoms with Gasteiger partial charge in [0.1, 0.15) is 10.7 Å². The van der Waals surface area contributed by atoms with Crippen LogP contribution >= 0.6 is 11.3 Å². The van der Waals surface area contributed by atoms with Crippen molar-refractivity contribution < 1.29 is 12.8 Å². The van der Waals surface area contributed by atoms with Crippen LogP contribution < -0.4 is 10.5 Å². The molecule has 0 unspecified atom stereocenters. The van der Waals surface area contributed by atoms with Crippen LogP contribution in [0.5, 0.6) is 0 Å². The Morgan fingerprint density at radius 2 is 1.95 bits per heavy atom. The fraction of sp³-hybridized carbons (Fsp3) is 0. The van der Waals surface area contributed by atoms with Gasteiger partial charge in [-0.05, 0) is 30.3 Å². The van der Waals surface area contributed by atoms with Crippen molar-refractivity contribution in [3.05, 3.63) is 48.3 Å². The molecule has 0 fully saturated rings. The maximum Gasteiger partial charge on any atom is 0.265 e. The van der Waals surface area contributed by atoms with E-state index in [4.69, 9.17) is 5.73 Å². The maximum atomic E-state index is 13.2. The smallest absolute Gasteiger partial charge is 0.265 e. The lowest BCUT2D eigenvalue weighted by Gasteiger charge is -2.07. The van der Waals surface area contributed by atoms with E-state index in [1.165, 1.54) is 17.4 Å². The first-order valence-corrected chi connectivity index (χ1v) is 8.19. The lowest BCUT2D eigenvalue weighted by Crippen LogP contribution is -2.14. The van der Waals surface area contributed by atoms with E-state index in [1.54, 1.807) is 6.07 Å². The van der Waals surface area contributed by atoms with Gasteiger partial charge in [0.25, 0.3) is 10.0 Å². The zero-order chi connectivity index (χ0) is 15.0. The molecule has 108 valence electrons. The molecule has 0 spiro atoms. The minimum absolute atomic E-state index is 0.0231. The molecule has 0 bridgehead atoms. The topological polar surface area (TPSA) is 85.1 Å². The molecule has 0 aliphatic rings. The summed E-state index contributed by atoms with van der Waals surface area (Å²) in [5, 5.41) is 0.208. The number of sulfonamides is 1. The normalized spacial score (nSPS) is 11.7. The minimum atomic E-state index is -3.98. The molecule has 3 N–H and O–H groups in total. The molecule has 0 aliphatic carbocycles. The summed E-state index contributed by atoms with van der Waals surface area (Å²) in [4.78, 5) is 3.87. The average molecular weight is 323 g/mol.